The van der Waals surface area contributed by atoms with Gasteiger partial charge in [0.2, 0.25) is 0 Å². The van der Waals surface area contributed by atoms with E-state index in [1.165, 1.54) is 0 Å². The lowest BCUT2D eigenvalue weighted by molar-refractivity contribution is -0.120. The normalized spacial score (nSPS) is 19.0. The highest BCUT2D eigenvalue weighted by Gasteiger charge is 2.36. The number of rotatable bonds is 2. The molecule has 6 rings (SSSR count). The molecule has 0 saturated carbocycles. The maximum absolute atomic E-state index is 13.5. The van der Waals surface area contributed by atoms with E-state index in [-0.39, 0.29) is 11.7 Å². The molecular weight excluding hydrogens is 406 g/mol. The standard InChI is InChI=1S/C30H19NO2/c32-27-16-15-23(24-13-7-8-14-25(24)27)22-17-18-31-26(19-22)28(20-9-3-1-4-10-20)29(30(31)33)21-11-5-2-6-12-21/h1-19H/b23-22+. The first-order valence-electron chi connectivity index (χ1n) is 10.9. The van der Waals surface area contributed by atoms with Gasteiger partial charge in [-0.25, -0.2) is 0 Å². The van der Waals surface area contributed by atoms with Crippen molar-refractivity contribution in [1.29, 1.82) is 0 Å². The number of allylic oxidation sites excluding steroid dienone is 7. The molecule has 3 aromatic carbocycles. The van der Waals surface area contributed by atoms with E-state index >= 15 is 0 Å². The molecule has 0 bridgehead atoms. The van der Waals surface area contributed by atoms with Crippen molar-refractivity contribution in [2.24, 2.45) is 0 Å². The van der Waals surface area contributed by atoms with Crippen LogP contribution in [0.3, 0.4) is 0 Å². The van der Waals surface area contributed by atoms with E-state index in [0.717, 1.165) is 39.1 Å². The molecule has 0 aromatic heterocycles. The van der Waals surface area contributed by atoms with E-state index in [1.54, 1.807) is 11.0 Å². The molecule has 0 saturated heterocycles. The predicted molar refractivity (Wildman–Crippen MR) is 131 cm³/mol. The fourth-order valence-electron chi connectivity index (χ4n) is 4.69. The number of carbonyl (C=O) groups is 2. The smallest absolute Gasteiger partial charge is 0.263 e. The van der Waals surface area contributed by atoms with Gasteiger partial charge in [0.25, 0.3) is 5.91 Å². The summed E-state index contributed by atoms with van der Waals surface area (Å²) in [6, 6.07) is 27.5. The molecule has 3 aromatic rings. The monoisotopic (exact) mass is 425 g/mol. The summed E-state index contributed by atoms with van der Waals surface area (Å²) in [4.78, 5) is 27.6. The Morgan fingerprint density at radius 1 is 0.576 bits per heavy atom. The van der Waals surface area contributed by atoms with E-state index in [9.17, 15) is 9.59 Å². The highest BCUT2D eigenvalue weighted by molar-refractivity contribution is 6.34. The average molecular weight is 425 g/mol. The van der Waals surface area contributed by atoms with Crippen molar-refractivity contribution in [3.8, 4) is 0 Å². The Kier molecular flexibility index (Phi) is 4.41. The van der Waals surface area contributed by atoms with Crippen molar-refractivity contribution in [3.05, 3.63) is 149 Å². The van der Waals surface area contributed by atoms with Crippen LogP contribution in [0.2, 0.25) is 0 Å². The number of ketones is 1. The van der Waals surface area contributed by atoms with Crippen LogP contribution >= 0.6 is 0 Å². The first kappa shape index (κ1) is 19.2. The summed E-state index contributed by atoms with van der Waals surface area (Å²) in [5.41, 5.74) is 7.89. The summed E-state index contributed by atoms with van der Waals surface area (Å²) in [6.45, 7) is 0. The molecule has 1 aliphatic carbocycles. The molecule has 3 heteroatoms. The van der Waals surface area contributed by atoms with Crippen LogP contribution in [0.15, 0.2) is 127 Å². The van der Waals surface area contributed by atoms with Crippen molar-refractivity contribution in [3.63, 3.8) is 0 Å². The summed E-state index contributed by atoms with van der Waals surface area (Å²) in [7, 11) is 0. The quantitative estimate of drug-likeness (QED) is 0.501. The molecule has 3 aliphatic rings. The topological polar surface area (TPSA) is 37.4 Å². The predicted octanol–water partition coefficient (Wildman–Crippen LogP) is 6.06. The van der Waals surface area contributed by atoms with Crippen molar-refractivity contribution in [1.82, 2.24) is 4.90 Å². The van der Waals surface area contributed by atoms with Gasteiger partial charge in [-0.05, 0) is 52.1 Å². The molecule has 0 radical (unpaired) electrons. The summed E-state index contributed by atoms with van der Waals surface area (Å²) in [5, 5.41) is 0. The molecule has 0 spiro atoms. The number of nitrogens with zero attached hydrogens (tertiary/aromatic N) is 1. The molecular formula is C30H19NO2. The fourth-order valence-corrected chi connectivity index (χ4v) is 4.69. The molecule has 2 heterocycles. The van der Waals surface area contributed by atoms with E-state index in [4.69, 9.17) is 0 Å². The van der Waals surface area contributed by atoms with Gasteiger partial charge in [-0.3, -0.25) is 14.5 Å². The first-order chi connectivity index (χ1) is 16.2. The van der Waals surface area contributed by atoms with Crippen LogP contribution in [0.5, 0.6) is 0 Å². The van der Waals surface area contributed by atoms with Crippen molar-refractivity contribution < 1.29 is 9.59 Å². The van der Waals surface area contributed by atoms with Gasteiger partial charge in [0.1, 0.15) is 0 Å². The van der Waals surface area contributed by atoms with E-state index in [1.807, 2.05) is 103 Å². The largest absolute Gasteiger partial charge is 0.289 e. The van der Waals surface area contributed by atoms with Crippen molar-refractivity contribution in [2.45, 2.75) is 0 Å². The Morgan fingerprint density at radius 2 is 1.18 bits per heavy atom. The molecule has 0 atom stereocenters. The zero-order valence-corrected chi connectivity index (χ0v) is 17.7. The Labute approximate surface area is 192 Å². The molecule has 33 heavy (non-hydrogen) atoms. The van der Waals surface area contributed by atoms with Gasteiger partial charge in [0, 0.05) is 17.3 Å². The van der Waals surface area contributed by atoms with Crippen molar-refractivity contribution >= 4 is 28.4 Å². The minimum atomic E-state index is -0.0404. The SMILES string of the molecule is O=C1C=C/C(=C2/C=CN3C(=O)C(c4ccccc4)=C(c4ccccc4)C3=C2)c2ccccc21. The van der Waals surface area contributed by atoms with Gasteiger partial charge >= 0.3 is 0 Å². The Bertz CT molecular complexity index is 1470. The lowest BCUT2D eigenvalue weighted by Gasteiger charge is -2.22. The third-order valence-corrected chi connectivity index (χ3v) is 6.21. The molecule has 0 N–H and O–H groups in total. The zero-order valence-electron chi connectivity index (χ0n) is 17.7. The third-order valence-electron chi connectivity index (χ3n) is 6.21. The molecule has 2 aliphatic heterocycles. The maximum atomic E-state index is 13.5. The Hall–Kier alpha value is -4.50. The highest BCUT2D eigenvalue weighted by Crippen LogP contribution is 2.44. The van der Waals surface area contributed by atoms with Crippen LogP contribution in [0, 0.1) is 0 Å². The average Bonchev–Trinajstić information content (AvgIpc) is 3.17. The van der Waals surface area contributed by atoms with Crippen LogP contribution in [-0.2, 0) is 4.79 Å². The number of amides is 1. The lowest BCUT2D eigenvalue weighted by Crippen LogP contribution is -2.21. The van der Waals surface area contributed by atoms with Crippen LogP contribution in [0.4, 0.5) is 0 Å². The summed E-state index contributed by atoms with van der Waals surface area (Å²) < 4.78 is 0. The van der Waals surface area contributed by atoms with E-state index < -0.39 is 0 Å². The van der Waals surface area contributed by atoms with Gasteiger partial charge in [-0.15, -0.1) is 0 Å². The Morgan fingerprint density at radius 3 is 1.88 bits per heavy atom. The number of carbonyl (C=O) groups excluding carboxylic acids is 2. The Balaban J connectivity index is 1.60. The number of hydrogen-bond donors (Lipinski definition) is 0. The lowest BCUT2D eigenvalue weighted by atomic mass is 9.87. The molecule has 0 unspecified atom stereocenters. The molecule has 0 fully saturated rings. The second kappa shape index (κ2) is 7.57. The number of hydrogen-bond acceptors (Lipinski definition) is 2. The number of fused-ring (bicyclic) bond motifs is 2. The minimum absolute atomic E-state index is 0.0105. The summed E-state index contributed by atoms with van der Waals surface area (Å²) >= 11 is 0. The van der Waals surface area contributed by atoms with Gasteiger partial charge in [-0.2, -0.15) is 0 Å². The minimum Gasteiger partial charge on any atom is -0.289 e. The van der Waals surface area contributed by atoms with Gasteiger partial charge in [-0.1, -0.05) is 84.9 Å². The zero-order chi connectivity index (χ0) is 22.4. The molecule has 156 valence electrons. The van der Waals surface area contributed by atoms with E-state index in [2.05, 4.69) is 6.08 Å². The summed E-state index contributed by atoms with van der Waals surface area (Å²) in [6.07, 6.45) is 9.34. The highest BCUT2D eigenvalue weighted by atomic mass is 16.2. The van der Waals surface area contributed by atoms with Gasteiger partial charge < -0.3 is 0 Å². The van der Waals surface area contributed by atoms with E-state index in [0.29, 0.717) is 11.1 Å². The van der Waals surface area contributed by atoms with Crippen molar-refractivity contribution in [2.75, 3.05) is 0 Å². The van der Waals surface area contributed by atoms with Crippen LogP contribution < -0.4 is 0 Å². The van der Waals surface area contributed by atoms with Gasteiger partial charge in [0.15, 0.2) is 5.78 Å². The second-order valence-corrected chi connectivity index (χ2v) is 8.11. The van der Waals surface area contributed by atoms with Crippen LogP contribution in [0.25, 0.3) is 16.7 Å². The third kappa shape index (κ3) is 3.06. The number of benzene rings is 3. The maximum Gasteiger partial charge on any atom is 0.263 e. The molecule has 3 nitrogen and oxygen atoms in total. The van der Waals surface area contributed by atoms with Crippen LogP contribution in [0.1, 0.15) is 27.0 Å². The summed E-state index contributed by atoms with van der Waals surface area (Å²) in [5.74, 6) is -0.0299. The molecule has 1 amide bonds. The first-order valence-corrected chi connectivity index (χ1v) is 10.9. The second-order valence-electron chi connectivity index (χ2n) is 8.11. The fraction of sp³-hybridized carbons (Fsp3) is 0. The van der Waals surface area contributed by atoms with Crippen LogP contribution in [-0.4, -0.2) is 16.6 Å². The van der Waals surface area contributed by atoms with Gasteiger partial charge in [0.05, 0.1) is 11.3 Å².